The topological polar surface area (TPSA) is 98.7 Å². The van der Waals surface area contributed by atoms with Crippen molar-refractivity contribution in [3.63, 3.8) is 0 Å². The number of rotatable bonds is 5. The van der Waals surface area contributed by atoms with Gasteiger partial charge in [0.1, 0.15) is 28.9 Å². The maximum absolute atomic E-state index is 13.6. The van der Waals surface area contributed by atoms with Gasteiger partial charge in [-0.1, -0.05) is 29.8 Å². The zero-order chi connectivity index (χ0) is 24.6. The minimum Gasteiger partial charge on any atom is -0.495 e. The van der Waals surface area contributed by atoms with Gasteiger partial charge in [0.15, 0.2) is 5.79 Å². The van der Waals surface area contributed by atoms with Crippen LogP contribution in [-0.4, -0.2) is 42.3 Å². The number of amidine groups is 1. The minimum atomic E-state index is -1.18. The highest BCUT2D eigenvalue weighted by Crippen LogP contribution is 2.36. The normalized spacial score (nSPS) is 23.0. The lowest BCUT2D eigenvalue weighted by atomic mass is 9.88. The number of aliphatic imine (C=N–C) groups is 1. The molecule has 10 heteroatoms. The number of nitrogens with one attached hydrogen (secondary N) is 2. The van der Waals surface area contributed by atoms with E-state index in [9.17, 15) is 4.39 Å². The van der Waals surface area contributed by atoms with E-state index < -0.39 is 5.79 Å². The number of methoxy groups -OCH3 is 1. The molecule has 2 atom stereocenters. The van der Waals surface area contributed by atoms with Crippen LogP contribution in [0.3, 0.4) is 0 Å². The fraction of sp³-hybridized carbons (Fsp3) is 0.280. The second kappa shape index (κ2) is 9.33. The summed E-state index contributed by atoms with van der Waals surface area (Å²) < 4.78 is 26.9. The number of hydrogen-bond donors (Lipinski definition) is 3. The van der Waals surface area contributed by atoms with Crippen molar-refractivity contribution in [3.05, 3.63) is 88.4 Å². The molecule has 0 fully saturated rings. The second-order valence-electron chi connectivity index (χ2n) is 8.38. The van der Waals surface area contributed by atoms with Gasteiger partial charge >= 0.3 is 0 Å². The number of hydrogen-bond acceptors (Lipinski definition) is 6. The molecule has 0 saturated heterocycles. The van der Waals surface area contributed by atoms with Crippen LogP contribution < -0.4 is 21.1 Å². The predicted molar refractivity (Wildman–Crippen MR) is 132 cm³/mol. The van der Waals surface area contributed by atoms with Crippen LogP contribution in [0.15, 0.2) is 71.3 Å². The third-order valence-corrected chi connectivity index (χ3v) is 6.39. The predicted octanol–water partition coefficient (Wildman–Crippen LogP) is 3.42. The first kappa shape index (κ1) is 23.3. The molecule has 3 heterocycles. The van der Waals surface area contributed by atoms with Gasteiger partial charge in [-0.3, -0.25) is 10.7 Å². The van der Waals surface area contributed by atoms with Gasteiger partial charge in [0, 0.05) is 35.5 Å². The fourth-order valence-corrected chi connectivity index (χ4v) is 4.63. The van der Waals surface area contributed by atoms with Crippen LogP contribution in [0, 0.1) is 5.82 Å². The Balaban J connectivity index is 1.57. The second-order valence-corrected chi connectivity index (χ2v) is 8.77. The van der Waals surface area contributed by atoms with Gasteiger partial charge in [0.2, 0.25) is 0 Å². The molecule has 0 spiro atoms. The van der Waals surface area contributed by atoms with Crippen molar-refractivity contribution in [2.75, 3.05) is 26.9 Å². The summed E-state index contributed by atoms with van der Waals surface area (Å²) in [7, 11) is 1.60. The summed E-state index contributed by atoms with van der Waals surface area (Å²) in [4.78, 5) is 8.75. The van der Waals surface area contributed by atoms with Crippen molar-refractivity contribution >= 4 is 17.4 Å². The molecule has 4 N–H and O–H groups in total. The van der Waals surface area contributed by atoms with E-state index in [4.69, 9.17) is 26.8 Å². The summed E-state index contributed by atoms with van der Waals surface area (Å²) in [6.07, 6.45) is 3.32. The van der Waals surface area contributed by atoms with Crippen LogP contribution in [0.1, 0.15) is 24.0 Å². The molecule has 2 aliphatic heterocycles. The van der Waals surface area contributed by atoms with Gasteiger partial charge in [-0.15, -0.1) is 0 Å². The molecule has 0 radical (unpaired) electrons. The summed E-state index contributed by atoms with van der Waals surface area (Å²) in [6, 6.07) is 12.1. The van der Waals surface area contributed by atoms with E-state index in [2.05, 4.69) is 20.6 Å². The maximum Gasteiger partial charge on any atom is 0.190 e. The van der Waals surface area contributed by atoms with Crippen molar-refractivity contribution in [3.8, 4) is 11.4 Å². The molecule has 1 aromatic heterocycles. The average molecular weight is 497 g/mol. The summed E-state index contributed by atoms with van der Waals surface area (Å²) in [5.41, 5.74) is 11.2. The highest BCUT2D eigenvalue weighted by Gasteiger charge is 2.41. The van der Waals surface area contributed by atoms with E-state index in [-0.39, 0.29) is 11.7 Å². The number of nitrogens with two attached hydrogens (primary N) is 1. The monoisotopic (exact) mass is 496 g/mol. The van der Waals surface area contributed by atoms with Gasteiger partial charge in [-0.2, -0.15) is 0 Å². The Bertz CT molecular complexity index is 1310. The molecule has 182 valence electrons. The van der Waals surface area contributed by atoms with Crippen LogP contribution in [0.5, 0.6) is 5.75 Å². The Morgan fingerprint density at radius 2 is 2.09 bits per heavy atom. The Hall–Kier alpha value is -3.40. The third kappa shape index (κ3) is 4.38. The van der Waals surface area contributed by atoms with E-state index in [1.54, 1.807) is 36.3 Å². The van der Waals surface area contributed by atoms with Crippen LogP contribution in [0.25, 0.3) is 5.69 Å². The van der Waals surface area contributed by atoms with Crippen LogP contribution in [-0.2, 0) is 10.5 Å². The third-order valence-electron chi connectivity index (χ3n) is 6.19. The number of nitrogens with zero attached hydrogens (tertiary/aromatic N) is 3. The number of halogens is 2. The number of imidazole rings is 1. The molecule has 3 aromatic rings. The number of benzene rings is 2. The van der Waals surface area contributed by atoms with E-state index >= 15 is 0 Å². The quantitative estimate of drug-likeness (QED) is 0.500. The zero-order valence-corrected chi connectivity index (χ0v) is 20.1. The number of aromatic nitrogens is 2. The summed E-state index contributed by atoms with van der Waals surface area (Å²) in [5.74, 6) is -0.354. The van der Waals surface area contributed by atoms with Gasteiger partial charge in [0.25, 0.3) is 0 Å². The van der Waals surface area contributed by atoms with E-state index in [1.807, 2.05) is 25.1 Å². The maximum atomic E-state index is 13.6. The fourth-order valence-electron chi connectivity index (χ4n) is 4.48. The molecule has 2 unspecified atom stereocenters. The zero-order valence-electron chi connectivity index (χ0n) is 19.4. The lowest BCUT2D eigenvalue weighted by Crippen LogP contribution is -2.67. The van der Waals surface area contributed by atoms with Gasteiger partial charge in [0.05, 0.1) is 26.0 Å². The molecule has 0 bridgehead atoms. The van der Waals surface area contributed by atoms with E-state index in [0.717, 1.165) is 28.1 Å². The van der Waals surface area contributed by atoms with Crippen molar-refractivity contribution in [1.29, 1.82) is 0 Å². The molecule has 35 heavy (non-hydrogen) atoms. The molecular formula is C25H26ClFN6O2. The summed E-state index contributed by atoms with van der Waals surface area (Å²) in [6.45, 7) is 3.37. The molecule has 2 aliphatic rings. The minimum absolute atomic E-state index is 0.152. The highest BCUT2D eigenvalue weighted by molar-refractivity contribution is 6.29. The lowest BCUT2D eigenvalue weighted by molar-refractivity contribution is 0.125. The van der Waals surface area contributed by atoms with Crippen LogP contribution in [0.2, 0.25) is 5.15 Å². The van der Waals surface area contributed by atoms with Crippen molar-refractivity contribution < 1.29 is 13.9 Å². The lowest BCUT2D eigenvalue weighted by Gasteiger charge is -2.44. The van der Waals surface area contributed by atoms with Gasteiger partial charge < -0.3 is 24.7 Å². The van der Waals surface area contributed by atoms with E-state index in [0.29, 0.717) is 36.5 Å². The molecule has 8 nitrogen and oxygen atoms in total. The SMILES string of the molecule is CCN=C1NC(N)(c2ccc(-n3cnc(Cl)c3)c(OC)c2)NC2=C1COCC2c1ccc(F)cc1. The molecular weight excluding hydrogens is 471 g/mol. The summed E-state index contributed by atoms with van der Waals surface area (Å²) in [5, 5.41) is 7.26. The van der Waals surface area contributed by atoms with Gasteiger partial charge in [-0.05, 0) is 36.8 Å². The van der Waals surface area contributed by atoms with Crippen molar-refractivity contribution in [2.45, 2.75) is 18.6 Å². The van der Waals surface area contributed by atoms with E-state index in [1.165, 1.54) is 12.1 Å². The standard InChI is InChI=1S/C25H26ClFN6O2/c1-3-29-24-19-13-35-12-18(15-4-7-17(27)8-5-15)23(19)31-25(28,32-24)16-6-9-20(21(10-16)34-2)33-11-22(26)30-14-33/h4-11,14,18,31H,3,12-13,28H2,1-2H3,(H,29,32). The average Bonchev–Trinajstić information content (AvgIpc) is 3.30. The van der Waals surface area contributed by atoms with Crippen LogP contribution in [0.4, 0.5) is 4.39 Å². The highest BCUT2D eigenvalue weighted by atomic mass is 35.5. The molecule has 0 aliphatic carbocycles. The molecule has 0 amide bonds. The first-order chi connectivity index (χ1) is 16.9. The molecule has 2 aromatic carbocycles. The Morgan fingerprint density at radius 1 is 1.29 bits per heavy atom. The largest absolute Gasteiger partial charge is 0.495 e. The number of ether oxygens (including phenoxy) is 2. The smallest absolute Gasteiger partial charge is 0.190 e. The Kier molecular flexibility index (Phi) is 6.22. The van der Waals surface area contributed by atoms with Crippen LogP contribution >= 0.6 is 11.6 Å². The van der Waals surface area contributed by atoms with Gasteiger partial charge in [-0.25, -0.2) is 9.37 Å². The summed E-state index contributed by atoms with van der Waals surface area (Å²) >= 11 is 6.00. The first-order valence-corrected chi connectivity index (χ1v) is 11.6. The Labute approximate surface area is 207 Å². The van der Waals surface area contributed by atoms with Crippen molar-refractivity contribution in [1.82, 2.24) is 20.2 Å². The molecule has 5 rings (SSSR count). The Morgan fingerprint density at radius 3 is 2.77 bits per heavy atom. The molecule has 0 saturated carbocycles. The van der Waals surface area contributed by atoms with Crippen molar-refractivity contribution in [2.24, 2.45) is 10.7 Å². The first-order valence-electron chi connectivity index (χ1n) is 11.3.